The van der Waals surface area contributed by atoms with Gasteiger partial charge in [0.1, 0.15) is 0 Å². The van der Waals surface area contributed by atoms with Crippen LogP contribution >= 0.6 is 0 Å². The molecular formula is H3AuN6O15. The van der Waals surface area contributed by atoms with Gasteiger partial charge in [-0.2, -0.15) is 0 Å². The first-order valence-electron chi connectivity index (χ1n) is 2.79. The molecule has 0 amide bonds. The van der Waals surface area contributed by atoms with Gasteiger partial charge in [0.2, 0.25) is 0 Å². The fourth-order valence-corrected chi connectivity index (χ4v) is 0. The summed E-state index contributed by atoms with van der Waals surface area (Å²) in [4.78, 5) is 49.1. The minimum absolute atomic E-state index is 0. The van der Waals surface area contributed by atoms with Gasteiger partial charge in [0.05, 0.1) is 15.3 Å². The van der Waals surface area contributed by atoms with Crippen LogP contribution in [0.3, 0.4) is 0 Å². The van der Waals surface area contributed by atoms with Crippen molar-refractivity contribution in [2.75, 3.05) is 0 Å². The van der Waals surface area contributed by atoms with E-state index >= 15 is 0 Å². The van der Waals surface area contributed by atoms with Gasteiger partial charge in [0.25, 0.3) is 0 Å². The number of hydrogen-bond donors (Lipinski definition) is 3. The van der Waals surface area contributed by atoms with Gasteiger partial charge in [0, 0.05) is 0 Å². The third kappa shape index (κ3) is 334. The zero-order valence-corrected chi connectivity index (χ0v) is 11.4. The Morgan fingerprint density at radius 3 is 0.545 bits per heavy atom. The molecule has 0 heterocycles. The molecule has 0 saturated carbocycles. The molecule has 0 rings (SSSR count). The molecule has 22 heteroatoms. The SMILES string of the molecule is O=NO.O=NO.O=NO.O=[N+]([O-])[O-].O=[N+]([O-])[O-].O=[N+]([O-])[O-].[Au+3]. The van der Waals surface area contributed by atoms with E-state index < -0.39 is 15.3 Å². The van der Waals surface area contributed by atoms with Crippen LogP contribution < -0.4 is 0 Å². The summed E-state index contributed by atoms with van der Waals surface area (Å²) >= 11 is 0. The molecule has 0 fully saturated rings. The van der Waals surface area contributed by atoms with E-state index in [1.807, 2.05) is 0 Å². The van der Waals surface area contributed by atoms with Crippen LogP contribution in [0.25, 0.3) is 0 Å². The van der Waals surface area contributed by atoms with E-state index in [0.29, 0.717) is 0 Å². The van der Waals surface area contributed by atoms with E-state index in [-0.39, 0.29) is 22.4 Å². The van der Waals surface area contributed by atoms with Crippen LogP contribution in [-0.4, -0.2) is 30.9 Å². The van der Waals surface area contributed by atoms with Crippen molar-refractivity contribution in [3.05, 3.63) is 60.7 Å². The number of nitrogens with zero attached hydrogens (tertiary/aromatic N) is 6. The summed E-state index contributed by atoms with van der Waals surface area (Å²) in [6.45, 7) is 0. The van der Waals surface area contributed by atoms with Crippen molar-refractivity contribution < 1.29 is 53.3 Å². The van der Waals surface area contributed by atoms with E-state index in [4.69, 9.17) is 76.3 Å². The molecule has 0 bridgehead atoms. The summed E-state index contributed by atoms with van der Waals surface area (Å²) in [5.41, 5.74) is 0. The van der Waals surface area contributed by atoms with Gasteiger partial charge in [-0.1, -0.05) is 0 Å². The summed E-state index contributed by atoms with van der Waals surface area (Å²) in [5.74, 6) is 0. The molecule has 0 aliphatic carbocycles. The van der Waals surface area contributed by atoms with E-state index in [0.717, 1.165) is 0 Å². The van der Waals surface area contributed by atoms with Gasteiger partial charge < -0.3 is 61.6 Å². The Morgan fingerprint density at radius 1 is 0.545 bits per heavy atom. The minimum Gasteiger partial charge on any atom is -0.379 e. The molecule has 0 aliphatic rings. The second-order valence-electron chi connectivity index (χ2n) is 0.916. The zero-order valence-electron chi connectivity index (χ0n) is 9.23. The van der Waals surface area contributed by atoms with Gasteiger partial charge in [-0.05, 0) is 0 Å². The molecule has 134 valence electrons. The van der Waals surface area contributed by atoms with Crippen LogP contribution in [0.1, 0.15) is 0 Å². The van der Waals surface area contributed by atoms with E-state index in [9.17, 15) is 0 Å². The third-order valence-electron chi connectivity index (χ3n) is 0. The van der Waals surface area contributed by atoms with Crippen LogP contribution in [-0.2, 0) is 22.4 Å². The molecular weight excluding hydrogens is 521 g/mol. The van der Waals surface area contributed by atoms with Crippen LogP contribution in [0, 0.1) is 60.7 Å². The normalized spacial score (nSPS) is 4.91. The fraction of sp³-hybridized carbons (Fsp3) is 0. The maximum atomic E-state index is 8.25. The van der Waals surface area contributed by atoms with E-state index in [2.05, 4.69) is 0 Å². The van der Waals surface area contributed by atoms with Crippen LogP contribution in [0.15, 0.2) is 16.0 Å². The van der Waals surface area contributed by atoms with Crippen LogP contribution in [0.2, 0.25) is 0 Å². The first-order chi connectivity index (χ1) is 9.44. The Bertz CT molecular complexity index is 208. The van der Waals surface area contributed by atoms with Crippen molar-refractivity contribution >= 4 is 0 Å². The second kappa shape index (κ2) is 65.8. The molecule has 0 spiro atoms. The quantitative estimate of drug-likeness (QED) is 0.158. The molecule has 0 aromatic carbocycles. The smallest absolute Gasteiger partial charge is 0.379 e. The Morgan fingerprint density at radius 2 is 0.545 bits per heavy atom. The van der Waals surface area contributed by atoms with Gasteiger partial charge in [-0.25, -0.2) is 0 Å². The largest absolute Gasteiger partial charge is 3.00 e. The number of rotatable bonds is 0. The Hall–Kier alpha value is -3.46. The van der Waals surface area contributed by atoms with Crippen molar-refractivity contribution in [2.45, 2.75) is 0 Å². The molecule has 3 N–H and O–H groups in total. The zero-order chi connectivity index (χ0) is 18.9. The van der Waals surface area contributed by atoms with Crippen molar-refractivity contribution in [2.24, 2.45) is 16.0 Å². The van der Waals surface area contributed by atoms with Crippen molar-refractivity contribution in [3.63, 3.8) is 0 Å². The predicted molar refractivity (Wildman–Crippen MR) is 53.8 cm³/mol. The first-order valence-corrected chi connectivity index (χ1v) is 2.79. The van der Waals surface area contributed by atoms with Gasteiger partial charge in [-0.3, -0.25) is 0 Å². The summed E-state index contributed by atoms with van der Waals surface area (Å²) in [6.07, 6.45) is 0. The molecule has 0 radical (unpaired) electrons. The summed E-state index contributed by atoms with van der Waals surface area (Å²) in [6, 6.07) is 0. The standard InChI is InChI=1S/Au.3NO3.3HNO2/c;3*2-1(3)4;3*2-1-3/h;;;;3*(H,2,3)/q+3;3*-1;;;. The van der Waals surface area contributed by atoms with E-state index in [1.165, 1.54) is 16.0 Å². The molecule has 0 atom stereocenters. The molecule has 0 aromatic heterocycles. The van der Waals surface area contributed by atoms with E-state index in [1.54, 1.807) is 0 Å². The molecule has 21 nitrogen and oxygen atoms in total. The Kier molecular flexibility index (Phi) is 128. The number of hydrogen-bond acceptors (Lipinski definition) is 15. The molecule has 0 unspecified atom stereocenters. The second-order valence-corrected chi connectivity index (χ2v) is 0.916. The molecule has 22 heavy (non-hydrogen) atoms. The minimum atomic E-state index is -1.75. The maximum Gasteiger partial charge on any atom is 3.00 e. The summed E-state index contributed by atoms with van der Waals surface area (Å²) < 4.78 is 0. The fourth-order valence-electron chi connectivity index (χ4n) is 0. The van der Waals surface area contributed by atoms with Gasteiger partial charge in [-0.15, -0.1) is 14.7 Å². The molecule has 0 aliphatic heterocycles. The molecule has 0 saturated heterocycles. The third-order valence-corrected chi connectivity index (χ3v) is 0. The van der Waals surface area contributed by atoms with Crippen molar-refractivity contribution in [1.82, 2.24) is 0 Å². The Labute approximate surface area is 131 Å². The average Bonchev–Trinajstić information content (AvgIpc) is 2.16. The topological polar surface area (TPSA) is 348 Å². The van der Waals surface area contributed by atoms with Crippen molar-refractivity contribution in [3.8, 4) is 0 Å². The van der Waals surface area contributed by atoms with Crippen molar-refractivity contribution in [1.29, 1.82) is 0 Å². The van der Waals surface area contributed by atoms with Gasteiger partial charge >= 0.3 is 22.4 Å². The average molecular weight is 524 g/mol. The monoisotopic (exact) mass is 524 g/mol. The predicted octanol–water partition coefficient (Wildman–Crippen LogP) is -0.294. The van der Waals surface area contributed by atoms with Crippen LogP contribution in [0.4, 0.5) is 0 Å². The maximum absolute atomic E-state index is 8.25. The Balaban J connectivity index is -0.0000000245. The van der Waals surface area contributed by atoms with Gasteiger partial charge in [0.15, 0.2) is 16.0 Å². The summed E-state index contributed by atoms with van der Waals surface area (Å²) in [5, 5.41) is 67.9. The first kappa shape index (κ1) is 42.8. The molecule has 0 aromatic rings. The summed E-state index contributed by atoms with van der Waals surface area (Å²) in [7, 11) is 0. The van der Waals surface area contributed by atoms with Crippen LogP contribution in [0.5, 0.6) is 0 Å².